The van der Waals surface area contributed by atoms with Gasteiger partial charge in [-0.05, 0) is 24.6 Å². The fourth-order valence-electron chi connectivity index (χ4n) is 1.37. The summed E-state index contributed by atoms with van der Waals surface area (Å²) in [5, 5.41) is 9.61. The summed E-state index contributed by atoms with van der Waals surface area (Å²) >= 11 is 0. The van der Waals surface area contributed by atoms with E-state index in [2.05, 4.69) is 20.2 Å². The third kappa shape index (κ3) is 2.97. The Morgan fingerprint density at radius 1 is 1.50 bits per heavy atom. The molecule has 8 heteroatoms. The van der Waals surface area contributed by atoms with Crippen LogP contribution in [0.5, 0.6) is 0 Å². The van der Waals surface area contributed by atoms with Crippen molar-refractivity contribution in [2.45, 2.75) is 6.92 Å². The van der Waals surface area contributed by atoms with Crippen molar-refractivity contribution in [3.63, 3.8) is 0 Å². The summed E-state index contributed by atoms with van der Waals surface area (Å²) in [6.45, 7) is 1.76. The number of hydrogen-bond donors (Lipinski definition) is 1. The molecule has 0 aliphatic carbocycles. The lowest BCUT2D eigenvalue weighted by Gasteiger charge is -1.94. The lowest BCUT2D eigenvalue weighted by molar-refractivity contribution is 0.0517. The number of nitrogens with zero attached hydrogens (tertiary/aromatic N) is 3. The number of aromatic nitrogens is 3. The van der Waals surface area contributed by atoms with Gasteiger partial charge in [0.25, 0.3) is 0 Å². The second-order valence-electron chi connectivity index (χ2n) is 3.69. The fraction of sp³-hybridized carbons (Fsp3) is 0.167. The standard InChI is InChI=1S/C12H11FN4O3/c1-2-20-12(19)10-11(18)17(16-15-10)14-7-8-3-5-9(13)6-4-8/h3-7,16H,2H2,1H3/b14-7+. The van der Waals surface area contributed by atoms with E-state index in [1.807, 2.05) is 0 Å². The number of aromatic amines is 1. The first kappa shape index (κ1) is 13.7. The van der Waals surface area contributed by atoms with Gasteiger partial charge in [-0.1, -0.05) is 12.1 Å². The first-order valence-corrected chi connectivity index (χ1v) is 5.76. The van der Waals surface area contributed by atoms with Gasteiger partial charge in [-0.2, -0.15) is 10.3 Å². The molecule has 0 spiro atoms. The molecule has 2 rings (SSSR count). The van der Waals surface area contributed by atoms with Crippen LogP contribution >= 0.6 is 0 Å². The van der Waals surface area contributed by atoms with E-state index in [4.69, 9.17) is 0 Å². The van der Waals surface area contributed by atoms with Crippen molar-refractivity contribution >= 4 is 12.2 Å². The van der Waals surface area contributed by atoms with Gasteiger partial charge in [0.15, 0.2) is 0 Å². The monoisotopic (exact) mass is 278 g/mol. The van der Waals surface area contributed by atoms with Crippen molar-refractivity contribution in [1.82, 2.24) is 15.1 Å². The highest BCUT2D eigenvalue weighted by molar-refractivity contribution is 5.86. The Balaban J connectivity index is 2.20. The van der Waals surface area contributed by atoms with Crippen LogP contribution in [0.15, 0.2) is 34.2 Å². The molecule has 0 unspecified atom stereocenters. The smallest absolute Gasteiger partial charge is 0.364 e. The van der Waals surface area contributed by atoms with Crippen LogP contribution in [0.2, 0.25) is 0 Å². The Morgan fingerprint density at radius 3 is 2.85 bits per heavy atom. The maximum atomic E-state index is 12.7. The predicted molar refractivity (Wildman–Crippen MR) is 68.2 cm³/mol. The molecule has 0 bridgehead atoms. The van der Waals surface area contributed by atoms with E-state index in [9.17, 15) is 14.0 Å². The summed E-state index contributed by atoms with van der Waals surface area (Å²) in [4.78, 5) is 23.9. The minimum Gasteiger partial charge on any atom is -0.461 e. The molecule has 20 heavy (non-hydrogen) atoms. The highest BCUT2D eigenvalue weighted by atomic mass is 19.1. The average molecular weight is 278 g/mol. The van der Waals surface area contributed by atoms with Gasteiger partial charge in [-0.25, -0.2) is 9.18 Å². The first-order chi connectivity index (χ1) is 9.61. The highest BCUT2D eigenvalue weighted by Crippen LogP contribution is 1.99. The fourth-order valence-corrected chi connectivity index (χ4v) is 1.37. The number of hydrogen-bond acceptors (Lipinski definition) is 5. The average Bonchev–Trinajstić information content (AvgIpc) is 2.80. The first-order valence-electron chi connectivity index (χ1n) is 5.76. The summed E-state index contributed by atoms with van der Waals surface area (Å²) in [5.74, 6) is -1.19. The highest BCUT2D eigenvalue weighted by Gasteiger charge is 2.17. The Morgan fingerprint density at radius 2 is 2.20 bits per heavy atom. The van der Waals surface area contributed by atoms with Gasteiger partial charge in [0.1, 0.15) is 5.82 Å². The Kier molecular flexibility index (Phi) is 4.04. The molecule has 0 amide bonds. The van der Waals surface area contributed by atoms with Gasteiger partial charge in [0.2, 0.25) is 5.69 Å². The van der Waals surface area contributed by atoms with Crippen LogP contribution in [0.1, 0.15) is 23.0 Å². The van der Waals surface area contributed by atoms with Crippen molar-refractivity contribution in [2.24, 2.45) is 5.10 Å². The summed E-state index contributed by atoms with van der Waals surface area (Å²) in [5.41, 5.74) is -0.504. The number of H-pyrrole nitrogens is 1. The molecule has 0 aliphatic rings. The van der Waals surface area contributed by atoms with E-state index in [-0.39, 0.29) is 18.1 Å². The molecule has 0 aliphatic heterocycles. The van der Waals surface area contributed by atoms with Crippen molar-refractivity contribution < 1.29 is 13.9 Å². The van der Waals surface area contributed by atoms with Gasteiger partial charge in [-0.15, -0.1) is 9.89 Å². The molecule has 0 atom stereocenters. The van der Waals surface area contributed by atoms with E-state index in [1.54, 1.807) is 6.92 Å². The molecular formula is C12H11FN4O3. The molecular weight excluding hydrogens is 267 g/mol. The van der Waals surface area contributed by atoms with Gasteiger partial charge in [0, 0.05) is 0 Å². The molecule has 0 radical (unpaired) electrons. The van der Waals surface area contributed by atoms with Gasteiger partial charge < -0.3 is 4.74 Å². The minimum atomic E-state index is -0.815. The summed E-state index contributed by atoms with van der Waals surface area (Å²) < 4.78 is 17.4. The third-order valence-corrected chi connectivity index (χ3v) is 2.31. The van der Waals surface area contributed by atoms with E-state index in [0.717, 1.165) is 4.79 Å². The third-order valence-electron chi connectivity index (χ3n) is 2.31. The molecule has 0 saturated heterocycles. The molecule has 1 heterocycles. The van der Waals surface area contributed by atoms with Gasteiger partial charge in [-0.3, -0.25) is 4.79 Å². The van der Waals surface area contributed by atoms with E-state index in [0.29, 0.717) is 5.56 Å². The molecule has 0 saturated carbocycles. The molecule has 104 valence electrons. The number of carbonyl (C=O) groups excluding carboxylic acids is 1. The van der Waals surface area contributed by atoms with E-state index >= 15 is 0 Å². The molecule has 0 fully saturated rings. The van der Waals surface area contributed by atoms with Gasteiger partial charge in [0.05, 0.1) is 12.8 Å². The zero-order valence-electron chi connectivity index (χ0n) is 10.5. The summed E-state index contributed by atoms with van der Waals surface area (Å²) in [6.07, 6.45) is 1.33. The van der Waals surface area contributed by atoms with Crippen LogP contribution in [-0.4, -0.2) is 33.9 Å². The largest absolute Gasteiger partial charge is 0.461 e. The SMILES string of the molecule is CCOC(=O)c1n[nH]n(/N=C/c2ccc(F)cc2)c1=O. The summed E-state index contributed by atoms with van der Waals surface area (Å²) in [6, 6.07) is 5.52. The molecule has 1 aromatic carbocycles. The van der Waals surface area contributed by atoms with Crippen molar-refractivity contribution in [3.05, 3.63) is 51.7 Å². The molecule has 7 nitrogen and oxygen atoms in total. The number of esters is 1. The van der Waals surface area contributed by atoms with Crippen LogP contribution in [0, 0.1) is 5.82 Å². The Hall–Kier alpha value is -2.77. The zero-order chi connectivity index (χ0) is 14.5. The number of ether oxygens (including phenoxy) is 1. The van der Waals surface area contributed by atoms with Crippen molar-refractivity contribution in [1.29, 1.82) is 0 Å². The van der Waals surface area contributed by atoms with Crippen LogP contribution < -0.4 is 5.56 Å². The quantitative estimate of drug-likeness (QED) is 0.660. The van der Waals surface area contributed by atoms with Crippen molar-refractivity contribution in [2.75, 3.05) is 6.61 Å². The van der Waals surface area contributed by atoms with E-state index in [1.165, 1.54) is 30.5 Å². The maximum absolute atomic E-state index is 12.7. The van der Waals surface area contributed by atoms with Gasteiger partial charge >= 0.3 is 11.5 Å². The Labute approximate surface area is 112 Å². The molecule has 1 aromatic heterocycles. The van der Waals surface area contributed by atoms with Crippen molar-refractivity contribution in [3.8, 4) is 0 Å². The topological polar surface area (TPSA) is 89.3 Å². The normalized spacial score (nSPS) is 10.9. The number of nitrogens with one attached hydrogen (secondary N) is 1. The summed E-state index contributed by atoms with van der Waals surface area (Å²) in [7, 11) is 0. The van der Waals surface area contributed by atoms with Crippen LogP contribution in [0.4, 0.5) is 4.39 Å². The van der Waals surface area contributed by atoms with Crippen LogP contribution in [-0.2, 0) is 4.74 Å². The minimum absolute atomic E-state index is 0.143. The Bertz CT molecular complexity index is 687. The number of carbonyl (C=O) groups is 1. The molecule has 1 N–H and O–H groups in total. The van der Waals surface area contributed by atoms with Crippen LogP contribution in [0.3, 0.4) is 0 Å². The second kappa shape index (κ2) is 5.91. The zero-order valence-corrected chi connectivity index (χ0v) is 10.5. The lowest BCUT2D eigenvalue weighted by Crippen LogP contribution is -2.20. The van der Waals surface area contributed by atoms with Crippen LogP contribution in [0.25, 0.3) is 0 Å². The molecule has 2 aromatic rings. The predicted octanol–water partition coefficient (Wildman–Crippen LogP) is 0.769. The number of halogens is 1. The lowest BCUT2D eigenvalue weighted by atomic mass is 10.2. The number of rotatable bonds is 4. The number of benzene rings is 1. The second-order valence-corrected chi connectivity index (χ2v) is 3.69. The van der Waals surface area contributed by atoms with E-state index < -0.39 is 11.5 Å². The maximum Gasteiger partial charge on any atom is 0.364 e.